The van der Waals surface area contributed by atoms with Crippen LogP contribution in [0.1, 0.15) is 10.4 Å². The summed E-state index contributed by atoms with van der Waals surface area (Å²) in [6.45, 7) is 0. The third-order valence-electron chi connectivity index (χ3n) is 2.31. The standard InChI is InChI=1S/C12H7BrN2O5/c13-8-1-2-10(9(6-8)15(18)19)20-11-5-7(12(16)17)3-4-14-11/h1-6H,(H,16,17). The van der Waals surface area contributed by atoms with E-state index in [4.69, 9.17) is 9.84 Å². The first-order valence-electron chi connectivity index (χ1n) is 5.28. The van der Waals surface area contributed by atoms with Crippen LogP contribution in [-0.4, -0.2) is 21.0 Å². The zero-order valence-corrected chi connectivity index (χ0v) is 11.4. The maximum absolute atomic E-state index is 10.9. The van der Waals surface area contributed by atoms with Crippen molar-refractivity contribution in [1.82, 2.24) is 4.98 Å². The second-order valence-corrected chi connectivity index (χ2v) is 4.57. The molecule has 1 aromatic heterocycles. The van der Waals surface area contributed by atoms with Crippen molar-refractivity contribution >= 4 is 27.6 Å². The highest BCUT2D eigenvalue weighted by atomic mass is 79.9. The topological polar surface area (TPSA) is 103 Å². The van der Waals surface area contributed by atoms with Crippen molar-refractivity contribution in [1.29, 1.82) is 0 Å². The number of nitro benzene ring substituents is 1. The number of carbonyl (C=O) groups is 1. The summed E-state index contributed by atoms with van der Waals surface area (Å²) in [4.78, 5) is 25.0. The van der Waals surface area contributed by atoms with E-state index in [1.807, 2.05) is 0 Å². The van der Waals surface area contributed by atoms with E-state index < -0.39 is 10.9 Å². The van der Waals surface area contributed by atoms with Gasteiger partial charge in [-0.2, -0.15) is 0 Å². The van der Waals surface area contributed by atoms with Crippen molar-refractivity contribution in [3.8, 4) is 11.6 Å². The number of rotatable bonds is 4. The Bertz CT molecular complexity index is 689. The van der Waals surface area contributed by atoms with E-state index in [0.717, 1.165) is 0 Å². The summed E-state index contributed by atoms with van der Waals surface area (Å²) in [6.07, 6.45) is 1.25. The molecule has 0 aliphatic rings. The van der Waals surface area contributed by atoms with Gasteiger partial charge in [0.1, 0.15) is 0 Å². The molecule has 0 fully saturated rings. The number of pyridine rings is 1. The fourth-order valence-electron chi connectivity index (χ4n) is 1.43. The van der Waals surface area contributed by atoms with Gasteiger partial charge >= 0.3 is 11.7 Å². The van der Waals surface area contributed by atoms with Crippen molar-refractivity contribution < 1.29 is 19.6 Å². The van der Waals surface area contributed by atoms with Crippen molar-refractivity contribution in [3.05, 3.63) is 56.7 Å². The minimum Gasteiger partial charge on any atom is -0.478 e. The second kappa shape index (κ2) is 5.66. The Labute approximate surface area is 121 Å². The van der Waals surface area contributed by atoms with E-state index in [1.54, 1.807) is 6.07 Å². The van der Waals surface area contributed by atoms with Gasteiger partial charge in [-0.05, 0) is 18.2 Å². The van der Waals surface area contributed by atoms with Crippen LogP contribution in [0.3, 0.4) is 0 Å². The van der Waals surface area contributed by atoms with E-state index >= 15 is 0 Å². The van der Waals surface area contributed by atoms with Gasteiger partial charge in [0, 0.05) is 22.8 Å². The number of carboxylic acids is 1. The largest absolute Gasteiger partial charge is 0.478 e. The lowest BCUT2D eigenvalue weighted by Gasteiger charge is -2.06. The molecule has 1 N–H and O–H groups in total. The first-order valence-corrected chi connectivity index (χ1v) is 6.08. The lowest BCUT2D eigenvalue weighted by atomic mass is 10.2. The van der Waals surface area contributed by atoms with Crippen LogP contribution in [0.4, 0.5) is 5.69 Å². The van der Waals surface area contributed by atoms with Gasteiger partial charge in [-0.15, -0.1) is 0 Å². The molecule has 0 atom stereocenters. The zero-order chi connectivity index (χ0) is 14.7. The Morgan fingerprint density at radius 3 is 2.75 bits per heavy atom. The number of aromatic nitrogens is 1. The Morgan fingerprint density at radius 1 is 1.35 bits per heavy atom. The maximum Gasteiger partial charge on any atom is 0.335 e. The third kappa shape index (κ3) is 3.09. The Morgan fingerprint density at radius 2 is 2.10 bits per heavy atom. The molecule has 0 unspecified atom stereocenters. The quantitative estimate of drug-likeness (QED) is 0.678. The number of halogens is 1. The van der Waals surface area contributed by atoms with Crippen LogP contribution in [0, 0.1) is 10.1 Å². The van der Waals surface area contributed by atoms with Gasteiger partial charge in [0.25, 0.3) is 0 Å². The predicted molar refractivity (Wildman–Crippen MR) is 72.1 cm³/mol. The predicted octanol–water partition coefficient (Wildman–Crippen LogP) is 3.24. The number of nitro groups is 1. The number of hydrogen-bond acceptors (Lipinski definition) is 5. The number of hydrogen-bond donors (Lipinski definition) is 1. The first-order chi connectivity index (χ1) is 9.47. The molecular weight excluding hydrogens is 332 g/mol. The second-order valence-electron chi connectivity index (χ2n) is 3.66. The van der Waals surface area contributed by atoms with Crippen LogP contribution in [0.5, 0.6) is 11.6 Å². The molecule has 1 heterocycles. The molecule has 0 radical (unpaired) electrons. The lowest BCUT2D eigenvalue weighted by Crippen LogP contribution is -1.99. The molecule has 0 aliphatic carbocycles. The Balaban J connectivity index is 2.37. The van der Waals surface area contributed by atoms with E-state index in [1.165, 1.54) is 30.5 Å². The molecule has 2 aromatic rings. The van der Waals surface area contributed by atoms with E-state index in [0.29, 0.717) is 4.47 Å². The van der Waals surface area contributed by atoms with E-state index in [-0.39, 0.29) is 22.9 Å². The third-order valence-corrected chi connectivity index (χ3v) is 2.81. The van der Waals surface area contributed by atoms with Crippen molar-refractivity contribution in [2.45, 2.75) is 0 Å². The maximum atomic E-state index is 10.9. The van der Waals surface area contributed by atoms with Gasteiger partial charge in [0.05, 0.1) is 10.5 Å². The minimum absolute atomic E-state index is 0.0187. The van der Waals surface area contributed by atoms with E-state index in [9.17, 15) is 14.9 Å². The van der Waals surface area contributed by atoms with E-state index in [2.05, 4.69) is 20.9 Å². The minimum atomic E-state index is -1.14. The average Bonchev–Trinajstić information content (AvgIpc) is 2.41. The van der Waals surface area contributed by atoms with Gasteiger partial charge in [-0.3, -0.25) is 10.1 Å². The summed E-state index contributed by atoms with van der Waals surface area (Å²) >= 11 is 3.13. The summed E-state index contributed by atoms with van der Waals surface area (Å²) in [5.74, 6) is -1.19. The fourth-order valence-corrected chi connectivity index (χ4v) is 1.78. The van der Waals surface area contributed by atoms with Crippen LogP contribution in [0.25, 0.3) is 0 Å². The average molecular weight is 339 g/mol. The monoisotopic (exact) mass is 338 g/mol. The number of carboxylic acid groups (broad SMARTS) is 1. The van der Waals surface area contributed by atoms with Crippen LogP contribution in [0.15, 0.2) is 41.0 Å². The molecule has 1 aromatic carbocycles. The highest BCUT2D eigenvalue weighted by Crippen LogP contribution is 2.33. The number of benzene rings is 1. The normalized spacial score (nSPS) is 10.1. The first kappa shape index (κ1) is 13.9. The highest BCUT2D eigenvalue weighted by molar-refractivity contribution is 9.10. The molecule has 0 spiro atoms. The SMILES string of the molecule is O=C(O)c1ccnc(Oc2ccc(Br)cc2[N+](=O)[O-])c1. The number of aromatic carboxylic acids is 1. The van der Waals surface area contributed by atoms with Gasteiger partial charge < -0.3 is 9.84 Å². The van der Waals surface area contributed by atoms with Gasteiger partial charge in [0.15, 0.2) is 0 Å². The molecule has 0 saturated heterocycles. The molecule has 2 rings (SSSR count). The molecule has 0 aliphatic heterocycles. The van der Waals surface area contributed by atoms with Crippen LogP contribution in [0.2, 0.25) is 0 Å². The molecule has 0 saturated carbocycles. The molecule has 0 bridgehead atoms. The molecule has 20 heavy (non-hydrogen) atoms. The van der Waals surface area contributed by atoms with Crippen LogP contribution < -0.4 is 4.74 Å². The lowest BCUT2D eigenvalue weighted by molar-refractivity contribution is -0.385. The molecule has 102 valence electrons. The molecule has 8 heteroatoms. The smallest absolute Gasteiger partial charge is 0.335 e. The molecule has 0 amide bonds. The van der Waals surface area contributed by atoms with Gasteiger partial charge in [0.2, 0.25) is 11.6 Å². The van der Waals surface area contributed by atoms with Gasteiger partial charge in [-0.25, -0.2) is 9.78 Å². The number of ether oxygens (including phenoxy) is 1. The van der Waals surface area contributed by atoms with Crippen molar-refractivity contribution in [2.75, 3.05) is 0 Å². The van der Waals surface area contributed by atoms with Crippen molar-refractivity contribution in [2.24, 2.45) is 0 Å². The Hall–Kier alpha value is -2.48. The highest BCUT2D eigenvalue weighted by Gasteiger charge is 2.17. The molecule has 7 nitrogen and oxygen atoms in total. The summed E-state index contributed by atoms with van der Waals surface area (Å²) < 4.78 is 5.81. The van der Waals surface area contributed by atoms with Crippen LogP contribution in [-0.2, 0) is 0 Å². The van der Waals surface area contributed by atoms with Crippen LogP contribution >= 0.6 is 15.9 Å². The molecular formula is C12H7BrN2O5. The van der Waals surface area contributed by atoms with Crippen molar-refractivity contribution in [3.63, 3.8) is 0 Å². The van der Waals surface area contributed by atoms with Gasteiger partial charge in [-0.1, -0.05) is 15.9 Å². The fraction of sp³-hybridized carbons (Fsp3) is 0. The zero-order valence-electron chi connectivity index (χ0n) is 9.82. The number of nitrogens with zero attached hydrogens (tertiary/aromatic N) is 2. The summed E-state index contributed by atoms with van der Waals surface area (Å²) in [6, 6.07) is 6.75. The summed E-state index contributed by atoms with van der Waals surface area (Å²) in [5, 5.41) is 19.8. The summed E-state index contributed by atoms with van der Waals surface area (Å²) in [7, 11) is 0. The Kier molecular flexibility index (Phi) is 3.94. The summed E-state index contributed by atoms with van der Waals surface area (Å²) in [5.41, 5.74) is -0.267.